The van der Waals surface area contributed by atoms with Crippen molar-refractivity contribution in [3.63, 3.8) is 0 Å². The Balaban J connectivity index is 1.38. The van der Waals surface area contributed by atoms with Gasteiger partial charge in [-0.1, -0.05) is 48.5 Å². The summed E-state index contributed by atoms with van der Waals surface area (Å²) in [6.07, 6.45) is 0. The summed E-state index contributed by atoms with van der Waals surface area (Å²) >= 11 is 0. The molecule has 29 heavy (non-hydrogen) atoms. The molecule has 0 bridgehead atoms. The van der Waals surface area contributed by atoms with E-state index in [0.717, 1.165) is 5.39 Å². The second-order valence-corrected chi connectivity index (χ2v) is 6.29. The zero-order chi connectivity index (χ0) is 20.1. The lowest BCUT2D eigenvalue weighted by Gasteiger charge is -2.12. The standard InChI is InChI=1S/C23H18N2O4/c26-22(15-24-23(27)21-14-16-8-4-6-12-19(16)29-21)25-18-11-5-7-13-20(18)28-17-9-2-1-3-10-17/h1-14H,15H2,(H,24,27)(H,25,26). The van der Waals surface area contributed by atoms with Crippen LogP contribution in [0.1, 0.15) is 10.6 Å². The van der Waals surface area contributed by atoms with Crippen molar-refractivity contribution in [3.05, 3.63) is 90.7 Å². The number of hydrogen-bond donors (Lipinski definition) is 2. The molecule has 0 radical (unpaired) electrons. The maximum Gasteiger partial charge on any atom is 0.287 e. The molecule has 4 rings (SSSR count). The SMILES string of the molecule is O=C(CNC(=O)c1cc2ccccc2o1)Nc1ccccc1Oc1ccccc1. The second kappa shape index (κ2) is 8.31. The van der Waals surface area contributed by atoms with E-state index in [4.69, 9.17) is 9.15 Å². The minimum absolute atomic E-state index is 0.159. The number of fused-ring (bicyclic) bond motifs is 1. The van der Waals surface area contributed by atoms with Gasteiger partial charge in [-0.25, -0.2) is 0 Å². The maximum absolute atomic E-state index is 12.3. The smallest absolute Gasteiger partial charge is 0.287 e. The zero-order valence-corrected chi connectivity index (χ0v) is 15.4. The third-order valence-electron chi connectivity index (χ3n) is 4.19. The van der Waals surface area contributed by atoms with Gasteiger partial charge < -0.3 is 19.8 Å². The highest BCUT2D eigenvalue weighted by Crippen LogP contribution is 2.29. The van der Waals surface area contributed by atoms with Crippen LogP contribution in [-0.4, -0.2) is 18.4 Å². The molecule has 144 valence electrons. The highest BCUT2D eigenvalue weighted by atomic mass is 16.5. The van der Waals surface area contributed by atoms with E-state index in [1.807, 2.05) is 54.6 Å². The molecule has 0 fully saturated rings. The summed E-state index contributed by atoms with van der Waals surface area (Å²) in [5, 5.41) is 6.15. The Kier molecular flexibility index (Phi) is 5.25. The van der Waals surface area contributed by atoms with Crippen molar-refractivity contribution in [2.24, 2.45) is 0 Å². The minimum Gasteiger partial charge on any atom is -0.455 e. The molecule has 0 atom stereocenters. The number of para-hydroxylation sites is 4. The van der Waals surface area contributed by atoms with E-state index >= 15 is 0 Å². The van der Waals surface area contributed by atoms with E-state index in [0.29, 0.717) is 22.8 Å². The molecule has 0 aliphatic rings. The van der Waals surface area contributed by atoms with Crippen molar-refractivity contribution in [2.75, 3.05) is 11.9 Å². The lowest BCUT2D eigenvalue weighted by atomic mass is 10.2. The Hall–Kier alpha value is -4.06. The van der Waals surface area contributed by atoms with Gasteiger partial charge in [0.15, 0.2) is 11.5 Å². The molecular weight excluding hydrogens is 368 g/mol. The van der Waals surface area contributed by atoms with E-state index in [1.54, 1.807) is 30.3 Å². The van der Waals surface area contributed by atoms with Crippen LogP contribution in [0.15, 0.2) is 89.3 Å². The van der Waals surface area contributed by atoms with E-state index < -0.39 is 5.91 Å². The quantitative estimate of drug-likeness (QED) is 0.508. The first-order valence-corrected chi connectivity index (χ1v) is 9.07. The first kappa shape index (κ1) is 18.3. The molecule has 1 heterocycles. The summed E-state index contributed by atoms with van der Waals surface area (Å²) in [5.41, 5.74) is 1.13. The average Bonchev–Trinajstić information content (AvgIpc) is 3.19. The maximum atomic E-state index is 12.3. The number of ether oxygens (including phenoxy) is 1. The van der Waals surface area contributed by atoms with Crippen molar-refractivity contribution < 1.29 is 18.7 Å². The topological polar surface area (TPSA) is 80.6 Å². The number of anilines is 1. The third-order valence-corrected chi connectivity index (χ3v) is 4.19. The van der Waals surface area contributed by atoms with Gasteiger partial charge in [0.1, 0.15) is 11.3 Å². The molecule has 1 aromatic heterocycles. The van der Waals surface area contributed by atoms with Crippen molar-refractivity contribution in [1.82, 2.24) is 5.32 Å². The highest BCUT2D eigenvalue weighted by molar-refractivity contribution is 6.00. The molecule has 0 aliphatic heterocycles. The fourth-order valence-electron chi connectivity index (χ4n) is 2.81. The largest absolute Gasteiger partial charge is 0.455 e. The zero-order valence-electron chi connectivity index (χ0n) is 15.4. The van der Waals surface area contributed by atoms with Crippen LogP contribution >= 0.6 is 0 Å². The molecule has 0 unspecified atom stereocenters. The number of amides is 2. The van der Waals surface area contributed by atoms with Gasteiger partial charge in [-0.3, -0.25) is 9.59 Å². The van der Waals surface area contributed by atoms with Gasteiger partial charge in [0, 0.05) is 5.39 Å². The molecule has 6 nitrogen and oxygen atoms in total. The Bertz CT molecular complexity index is 1120. The molecule has 2 amide bonds. The highest BCUT2D eigenvalue weighted by Gasteiger charge is 2.14. The molecule has 3 aromatic carbocycles. The lowest BCUT2D eigenvalue weighted by Crippen LogP contribution is -2.32. The summed E-state index contributed by atoms with van der Waals surface area (Å²) in [6, 6.07) is 25.3. The molecule has 0 spiro atoms. The molecular formula is C23H18N2O4. The number of nitrogens with one attached hydrogen (secondary N) is 2. The average molecular weight is 386 g/mol. The minimum atomic E-state index is -0.454. The second-order valence-electron chi connectivity index (χ2n) is 6.29. The van der Waals surface area contributed by atoms with Gasteiger partial charge >= 0.3 is 0 Å². The summed E-state index contributed by atoms with van der Waals surface area (Å²) in [7, 11) is 0. The predicted molar refractivity (Wildman–Crippen MR) is 110 cm³/mol. The summed E-state index contributed by atoms with van der Waals surface area (Å²) < 4.78 is 11.3. The fourth-order valence-corrected chi connectivity index (χ4v) is 2.81. The Morgan fingerprint density at radius 1 is 0.862 bits per heavy atom. The summed E-state index contributed by atoms with van der Waals surface area (Å²) in [4.78, 5) is 24.6. The van der Waals surface area contributed by atoms with Crippen molar-refractivity contribution >= 4 is 28.5 Å². The normalized spacial score (nSPS) is 10.5. The van der Waals surface area contributed by atoms with Crippen LogP contribution in [0.5, 0.6) is 11.5 Å². The van der Waals surface area contributed by atoms with Crippen LogP contribution in [0, 0.1) is 0 Å². The number of hydrogen-bond acceptors (Lipinski definition) is 4. The van der Waals surface area contributed by atoms with Crippen LogP contribution < -0.4 is 15.4 Å². The van der Waals surface area contributed by atoms with Crippen LogP contribution in [0.4, 0.5) is 5.69 Å². The molecule has 0 saturated heterocycles. The van der Waals surface area contributed by atoms with E-state index in [2.05, 4.69) is 10.6 Å². The Morgan fingerprint density at radius 2 is 1.59 bits per heavy atom. The van der Waals surface area contributed by atoms with Crippen molar-refractivity contribution in [1.29, 1.82) is 0 Å². The molecule has 2 N–H and O–H groups in total. The molecule has 0 saturated carbocycles. The molecule has 0 aliphatic carbocycles. The van der Waals surface area contributed by atoms with Gasteiger partial charge in [-0.2, -0.15) is 0 Å². The predicted octanol–water partition coefficient (Wildman–Crippen LogP) is 4.59. The van der Waals surface area contributed by atoms with E-state index in [-0.39, 0.29) is 18.2 Å². The van der Waals surface area contributed by atoms with Crippen LogP contribution in [0.3, 0.4) is 0 Å². The van der Waals surface area contributed by atoms with E-state index in [9.17, 15) is 9.59 Å². The first-order chi connectivity index (χ1) is 14.2. The lowest BCUT2D eigenvalue weighted by molar-refractivity contribution is -0.115. The van der Waals surface area contributed by atoms with Crippen molar-refractivity contribution in [3.8, 4) is 11.5 Å². The van der Waals surface area contributed by atoms with Gasteiger partial charge in [0.2, 0.25) is 5.91 Å². The Labute approximate surface area is 167 Å². The van der Waals surface area contributed by atoms with Crippen LogP contribution in [-0.2, 0) is 4.79 Å². The molecule has 6 heteroatoms. The van der Waals surface area contributed by atoms with Gasteiger partial charge in [-0.15, -0.1) is 0 Å². The van der Waals surface area contributed by atoms with E-state index in [1.165, 1.54) is 0 Å². The number of carbonyl (C=O) groups is 2. The van der Waals surface area contributed by atoms with Gasteiger partial charge in [0.25, 0.3) is 5.91 Å². The van der Waals surface area contributed by atoms with Gasteiger partial charge in [0.05, 0.1) is 12.2 Å². The number of benzene rings is 3. The van der Waals surface area contributed by atoms with Crippen LogP contribution in [0.25, 0.3) is 11.0 Å². The monoisotopic (exact) mass is 386 g/mol. The van der Waals surface area contributed by atoms with Gasteiger partial charge in [-0.05, 0) is 36.4 Å². The number of furan rings is 1. The Morgan fingerprint density at radius 3 is 2.41 bits per heavy atom. The number of carbonyl (C=O) groups excluding carboxylic acids is 2. The number of rotatable bonds is 6. The summed E-state index contributed by atoms with van der Waals surface area (Å²) in [5.74, 6) is 0.499. The molecule has 4 aromatic rings. The fraction of sp³-hybridized carbons (Fsp3) is 0.0435. The van der Waals surface area contributed by atoms with Crippen molar-refractivity contribution in [2.45, 2.75) is 0 Å². The summed E-state index contributed by atoms with van der Waals surface area (Å²) in [6.45, 7) is -0.199. The van der Waals surface area contributed by atoms with Crippen LogP contribution in [0.2, 0.25) is 0 Å². The first-order valence-electron chi connectivity index (χ1n) is 9.07. The third kappa shape index (κ3) is 4.44.